The van der Waals surface area contributed by atoms with Crippen molar-refractivity contribution in [2.75, 3.05) is 16.8 Å². The zero-order valence-electron chi connectivity index (χ0n) is 10.6. The van der Waals surface area contributed by atoms with Crippen molar-refractivity contribution in [1.29, 1.82) is 0 Å². The van der Waals surface area contributed by atoms with E-state index in [0.29, 0.717) is 4.34 Å². The van der Waals surface area contributed by atoms with E-state index in [1.165, 1.54) is 6.07 Å². The minimum absolute atomic E-state index is 0.0657. The molecule has 0 saturated carbocycles. The Morgan fingerprint density at radius 3 is 2.73 bits per heavy atom. The summed E-state index contributed by atoms with van der Waals surface area (Å²) < 4.78 is 39.1. The lowest BCUT2D eigenvalue weighted by Gasteiger charge is -2.13. The quantitative estimate of drug-likeness (QED) is 0.807. The number of halogens is 4. The summed E-state index contributed by atoms with van der Waals surface area (Å²) >= 11 is 7.68. The van der Waals surface area contributed by atoms with Crippen LogP contribution in [0.3, 0.4) is 0 Å². The molecule has 0 atom stereocenters. The second kappa shape index (κ2) is 6.71. The molecule has 2 rings (SSSR count). The van der Waals surface area contributed by atoms with Crippen LogP contribution in [-0.2, 0) is 11.0 Å². The van der Waals surface area contributed by atoms with Gasteiger partial charge in [0.15, 0.2) is 4.34 Å². The second-order valence-electron chi connectivity index (χ2n) is 3.93. The Morgan fingerprint density at radius 1 is 1.41 bits per heavy atom. The van der Waals surface area contributed by atoms with Crippen LogP contribution in [0.5, 0.6) is 0 Å². The van der Waals surface area contributed by atoms with Crippen LogP contribution in [-0.4, -0.2) is 21.9 Å². The number of amides is 1. The molecule has 118 valence electrons. The molecule has 2 aromatic rings. The highest BCUT2D eigenvalue weighted by molar-refractivity contribution is 8.01. The third-order valence-electron chi connectivity index (χ3n) is 2.31. The van der Waals surface area contributed by atoms with E-state index in [4.69, 9.17) is 17.3 Å². The predicted molar refractivity (Wildman–Crippen MR) is 80.1 cm³/mol. The van der Waals surface area contributed by atoms with Gasteiger partial charge in [0, 0.05) is 5.02 Å². The molecule has 11 heteroatoms. The number of carbonyl (C=O) groups is 1. The van der Waals surface area contributed by atoms with Gasteiger partial charge in [-0.1, -0.05) is 34.7 Å². The number of nitrogens with zero attached hydrogens (tertiary/aromatic N) is 2. The zero-order valence-corrected chi connectivity index (χ0v) is 13.0. The number of nitrogen functional groups attached to an aromatic ring is 1. The smallest absolute Gasteiger partial charge is 0.374 e. The van der Waals surface area contributed by atoms with E-state index in [2.05, 4.69) is 15.5 Å². The SMILES string of the molecule is Nc1nnc(SCC(=O)Nc2ccc(Cl)cc2C(F)(F)F)s1. The lowest BCUT2D eigenvalue weighted by atomic mass is 10.1. The minimum atomic E-state index is -4.62. The van der Waals surface area contributed by atoms with Crippen LogP contribution in [0.1, 0.15) is 5.56 Å². The summed E-state index contributed by atoms with van der Waals surface area (Å²) in [5.74, 6) is -0.722. The molecule has 3 N–H and O–H groups in total. The Morgan fingerprint density at radius 2 is 2.14 bits per heavy atom. The molecular formula is C11H8ClF3N4OS2. The highest BCUT2D eigenvalue weighted by Crippen LogP contribution is 2.36. The first-order chi connectivity index (χ1) is 10.3. The summed E-state index contributed by atoms with van der Waals surface area (Å²) in [6, 6.07) is 3.14. The van der Waals surface area contributed by atoms with Crippen molar-refractivity contribution in [3.63, 3.8) is 0 Å². The molecule has 0 aliphatic rings. The number of thioether (sulfide) groups is 1. The summed E-state index contributed by atoms with van der Waals surface area (Å²) in [7, 11) is 0. The number of hydrogen-bond acceptors (Lipinski definition) is 6. The van der Waals surface area contributed by atoms with E-state index in [-0.39, 0.29) is 21.6 Å². The maximum Gasteiger partial charge on any atom is 0.418 e. The number of hydrogen-bond donors (Lipinski definition) is 2. The fourth-order valence-electron chi connectivity index (χ4n) is 1.45. The first kappa shape index (κ1) is 16.8. The molecule has 0 saturated heterocycles. The van der Waals surface area contributed by atoms with Gasteiger partial charge in [0.25, 0.3) is 0 Å². The van der Waals surface area contributed by atoms with Gasteiger partial charge in [-0.05, 0) is 18.2 Å². The molecule has 0 bridgehead atoms. The largest absolute Gasteiger partial charge is 0.418 e. The fraction of sp³-hybridized carbons (Fsp3) is 0.182. The zero-order chi connectivity index (χ0) is 16.3. The number of benzene rings is 1. The van der Waals surface area contributed by atoms with Gasteiger partial charge >= 0.3 is 6.18 Å². The van der Waals surface area contributed by atoms with Crippen molar-refractivity contribution < 1.29 is 18.0 Å². The standard InChI is InChI=1S/C11H8ClF3N4OS2/c12-5-1-2-7(6(3-5)11(13,14)15)17-8(20)4-21-10-19-18-9(16)22-10/h1-3H,4H2,(H2,16,18)(H,17,20). The van der Waals surface area contributed by atoms with E-state index in [9.17, 15) is 18.0 Å². The molecule has 0 unspecified atom stereocenters. The Hall–Kier alpha value is -1.52. The Labute approximate surface area is 136 Å². The van der Waals surface area contributed by atoms with E-state index in [0.717, 1.165) is 35.2 Å². The van der Waals surface area contributed by atoms with Crippen molar-refractivity contribution in [3.05, 3.63) is 28.8 Å². The average Bonchev–Trinajstić information content (AvgIpc) is 2.83. The van der Waals surface area contributed by atoms with Crippen LogP contribution in [0, 0.1) is 0 Å². The number of nitrogens with two attached hydrogens (primary N) is 1. The number of anilines is 2. The van der Waals surface area contributed by atoms with Crippen LogP contribution >= 0.6 is 34.7 Å². The summed E-state index contributed by atoms with van der Waals surface area (Å²) in [5, 5.41) is 9.65. The summed E-state index contributed by atoms with van der Waals surface area (Å²) in [6.45, 7) is 0. The molecule has 1 aromatic carbocycles. The van der Waals surface area contributed by atoms with E-state index in [1.54, 1.807) is 0 Å². The molecule has 0 fully saturated rings. The maximum absolute atomic E-state index is 12.9. The van der Waals surface area contributed by atoms with E-state index >= 15 is 0 Å². The molecule has 1 amide bonds. The van der Waals surface area contributed by atoms with Crippen molar-refractivity contribution in [3.8, 4) is 0 Å². The first-order valence-corrected chi connectivity index (χ1v) is 7.82. The maximum atomic E-state index is 12.9. The summed E-state index contributed by atoms with van der Waals surface area (Å²) in [6.07, 6.45) is -4.62. The number of carbonyl (C=O) groups excluding carboxylic acids is 1. The number of alkyl halides is 3. The normalized spacial score (nSPS) is 11.5. The van der Waals surface area contributed by atoms with Gasteiger partial charge in [-0.25, -0.2) is 0 Å². The monoisotopic (exact) mass is 368 g/mol. The van der Waals surface area contributed by atoms with Crippen molar-refractivity contribution in [2.24, 2.45) is 0 Å². The Bertz CT molecular complexity index is 692. The highest BCUT2D eigenvalue weighted by Gasteiger charge is 2.34. The molecule has 0 spiro atoms. The third kappa shape index (κ3) is 4.49. The van der Waals surface area contributed by atoms with E-state index in [1.807, 2.05) is 0 Å². The van der Waals surface area contributed by atoms with Crippen molar-refractivity contribution >= 4 is 51.4 Å². The predicted octanol–water partition coefficient (Wildman–Crippen LogP) is 3.52. The molecule has 1 aromatic heterocycles. The van der Waals surface area contributed by atoms with Gasteiger partial charge in [-0.3, -0.25) is 4.79 Å². The number of aromatic nitrogens is 2. The first-order valence-electron chi connectivity index (χ1n) is 5.64. The van der Waals surface area contributed by atoms with Crippen molar-refractivity contribution in [2.45, 2.75) is 10.5 Å². The fourth-order valence-corrected chi connectivity index (χ4v) is 3.06. The van der Waals surface area contributed by atoms with Crippen molar-refractivity contribution in [1.82, 2.24) is 10.2 Å². The van der Waals surface area contributed by atoms with Crippen LogP contribution in [0.2, 0.25) is 5.02 Å². The minimum Gasteiger partial charge on any atom is -0.374 e. The average molecular weight is 369 g/mol. The van der Waals surface area contributed by atoms with Gasteiger partial charge in [0.1, 0.15) is 0 Å². The molecule has 0 radical (unpaired) electrons. The van der Waals surface area contributed by atoms with Gasteiger partial charge in [0.2, 0.25) is 11.0 Å². The van der Waals surface area contributed by atoms with Gasteiger partial charge in [0.05, 0.1) is 17.0 Å². The summed E-state index contributed by atoms with van der Waals surface area (Å²) in [5.41, 5.74) is 4.03. The molecule has 5 nitrogen and oxygen atoms in total. The van der Waals surface area contributed by atoms with Gasteiger partial charge in [-0.15, -0.1) is 10.2 Å². The third-order valence-corrected chi connectivity index (χ3v) is 4.43. The highest BCUT2D eigenvalue weighted by atomic mass is 35.5. The molecule has 0 aliphatic heterocycles. The van der Waals surface area contributed by atoms with Crippen LogP contribution < -0.4 is 11.1 Å². The topological polar surface area (TPSA) is 80.9 Å². The lowest BCUT2D eigenvalue weighted by molar-refractivity contribution is -0.137. The Balaban J connectivity index is 2.05. The van der Waals surface area contributed by atoms with Gasteiger partial charge in [-0.2, -0.15) is 13.2 Å². The molecular weight excluding hydrogens is 361 g/mol. The molecule has 22 heavy (non-hydrogen) atoms. The van der Waals surface area contributed by atoms with Crippen LogP contribution in [0.4, 0.5) is 24.0 Å². The molecule has 0 aliphatic carbocycles. The number of rotatable bonds is 4. The lowest BCUT2D eigenvalue weighted by Crippen LogP contribution is -2.18. The van der Waals surface area contributed by atoms with Crippen LogP contribution in [0.15, 0.2) is 22.5 Å². The number of nitrogens with one attached hydrogen (secondary N) is 1. The Kier molecular flexibility index (Phi) is 5.14. The molecule has 1 heterocycles. The van der Waals surface area contributed by atoms with Crippen LogP contribution in [0.25, 0.3) is 0 Å². The van der Waals surface area contributed by atoms with Gasteiger partial charge < -0.3 is 11.1 Å². The second-order valence-corrected chi connectivity index (χ2v) is 6.60. The van der Waals surface area contributed by atoms with E-state index < -0.39 is 17.6 Å². The summed E-state index contributed by atoms with van der Waals surface area (Å²) in [4.78, 5) is 11.7.